The summed E-state index contributed by atoms with van der Waals surface area (Å²) >= 11 is 0. The third-order valence-electron chi connectivity index (χ3n) is 1.56. The van der Waals surface area contributed by atoms with Gasteiger partial charge in [0, 0.05) is 6.92 Å². The third kappa shape index (κ3) is 2.48. The number of aliphatic hydroxyl groups excluding tert-OH is 1. The van der Waals surface area contributed by atoms with Crippen LogP contribution in [0, 0.1) is 0 Å². The summed E-state index contributed by atoms with van der Waals surface area (Å²) in [6.07, 6.45) is 0.101. The molecule has 1 fully saturated rings. The lowest BCUT2D eigenvalue weighted by atomic mass is 10.1. The molecule has 1 aliphatic rings. The molecule has 0 aliphatic carbocycles. The maximum Gasteiger partial charge on any atom is 0.303 e. The van der Waals surface area contributed by atoms with E-state index in [9.17, 15) is 4.79 Å². The second kappa shape index (κ2) is 3.69. The summed E-state index contributed by atoms with van der Waals surface area (Å²) in [7, 11) is 0. The molecule has 11 heavy (non-hydrogen) atoms. The van der Waals surface area contributed by atoms with Crippen molar-refractivity contribution in [2.75, 3.05) is 6.61 Å². The number of carbonyl (C=O) groups excluding carboxylic acids is 1. The lowest BCUT2D eigenvalue weighted by Gasteiger charge is -2.26. The van der Waals surface area contributed by atoms with Crippen molar-refractivity contribution < 1.29 is 19.4 Å². The molecule has 0 spiro atoms. The Balaban J connectivity index is 2.35. The van der Waals surface area contributed by atoms with Crippen molar-refractivity contribution in [3.05, 3.63) is 0 Å². The van der Waals surface area contributed by atoms with Gasteiger partial charge in [0.15, 0.2) is 12.4 Å². The minimum absolute atomic E-state index is 0.375. The average molecular weight is 160 g/mol. The number of aliphatic hydroxyl groups is 1. The zero-order chi connectivity index (χ0) is 8.27. The van der Waals surface area contributed by atoms with Gasteiger partial charge in [0.05, 0.1) is 6.61 Å². The van der Waals surface area contributed by atoms with Gasteiger partial charge in [0.2, 0.25) is 0 Å². The molecule has 1 heterocycles. The molecule has 4 nitrogen and oxygen atoms in total. The fraction of sp³-hybridized carbons (Fsp3) is 0.857. The molecular weight excluding hydrogens is 148 g/mol. The van der Waals surface area contributed by atoms with Crippen LogP contribution >= 0.6 is 0 Å². The van der Waals surface area contributed by atoms with Gasteiger partial charge >= 0.3 is 5.97 Å². The lowest BCUT2D eigenvalue weighted by Crippen LogP contribution is -2.36. The predicted octanol–water partition coefficient (Wildman–Crippen LogP) is 0.0469. The molecule has 0 radical (unpaired) electrons. The van der Waals surface area contributed by atoms with Crippen molar-refractivity contribution in [1.82, 2.24) is 0 Å². The van der Waals surface area contributed by atoms with Gasteiger partial charge in [-0.3, -0.25) is 4.79 Å². The minimum Gasteiger partial charge on any atom is -0.457 e. The number of ether oxygens (including phenoxy) is 2. The second-order valence-electron chi connectivity index (χ2n) is 2.55. The molecule has 0 aromatic carbocycles. The van der Waals surface area contributed by atoms with Gasteiger partial charge < -0.3 is 14.6 Å². The summed E-state index contributed by atoms with van der Waals surface area (Å²) < 4.78 is 9.66. The highest BCUT2D eigenvalue weighted by molar-refractivity contribution is 5.66. The predicted molar refractivity (Wildman–Crippen MR) is 36.7 cm³/mol. The van der Waals surface area contributed by atoms with Crippen LogP contribution in [0.5, 0.6) is 0 Å². The number of hydrogen-bond donors (Lipinski definition) is 1. The van der Waals surface area contributed by atoms with Gasteiger partial charge in [0.1, 0.15) is 0 Å². The van der Waals surface area contributed by atoms with E-state index >= 15 is 0 Å². The van der Waals surface area contributed by atoms with Crippen LogP contribution in [0.4, 0.5) is 0 Å². The molecule has 64 valence electrons. The molecule has 2 atom stereocenters. The molecule has 0 aromatic rings. The Bertz CT molecular complexity index is 145. The highest BCUT2D eigenvalue weighted by Crippen LogP contribution is 2.14. The van der Waals surface area contributed by atoms with Gasteiger partial charge in [-0.25, -0.2) is 0 Å². The van der Waals surface area contributed by atoms with Crippen LogP contribution in [0.2, 0.25) is 0 Å². The Labute approximate surface area is 65.1 Å². The van der Waals surface area contributed by atoms with Gasteiger partial charge in [0.25, 0.3) is 0 Å². The van der Waals surface area contributed by atoms with Crippen LogP contribution in [0.15, 0.2) is 0 Å². The molecule has 0 amide bonds. The van der Waals surface area contributed by atoms with E-state index in [-0.39, 0.29) is 5.97 Å². The van der Waals surface area contributed by atoms with Crippen LogP contribution in [0.25, 0.3) is 0 Å². The molecule has 1 unspecified atom stereocenters. The van der Waals surface area contributed by atoms with Gasteiger partial charge in [-0.15, -0.1) is 0 Å². The molecule has 0 bridgehead atoms. The Morgan fingerprint density at radius 2 is 2.45 bits per heavy atom. The molecule has 1 aliphatic heterocycles. The Hall–Kier alpha value is -0.610. The van der Waals surface area contributed by atoms with Gasteiger partial charge in [-0.05, 0) is 12.8 Å². The zero-order valence-corrected chi connectivity index (χ0v) is 6.45. The minimum atomic E-state index is -0.937. The van der Waals surface area contributed by atoms with E-state index in [1.807, 2.05) is 0 Å². The molecule has 1 saturated heterocycles. The first kappa shape index (κ1) is 8.49. The standard InChI is InChI=1S/C7H12O4/c1-5(8)11-6-3-2-4-10-7(6)9/h6-7,9H,2-4H2,1H3/t6-,7?/m1/s1. The summed E-state index contributed by atoms with van der Waals surface area (Å²) in [6, 6.07) is 0. The Kier molecular flexibility index (Phi) is 2.84. The number of carbonyl (C=O) groups is 1. The van der Waals surface area contributed by atoms with Crippen molar-refractivity contribution in [2.24, 2.45) is 0 Å². The van der Waals surface area contributed by atoms with E-state index in [1.165, 1.54) is 6.92 Å². The molecular formula is C7H12O4. The van der Waals surface area contributed by atoms with E-state index in [2.05, 4.69) is 0 Å². The first-order chi connectivity index (χ1) is 5.20. The normalized spacial score (nSPS) is 31.5. The summed E-state index contributed by atoms with van der Waals surface area (Å²) in [5, 5.41) is 9.12. The number of esters is 1. The fourth-order valence-electron chi connectivity index (χ4n) is 1.07. The van der Waals surface area contributed by atoms with Crippen LogP contribution in [0.1, 0.15) is 19.8 Å². The molecule has 0 aromatic heterocycles. The number of hydrogen-bond acceptors (Lipinski definition) is 4. The monoisotopic (exact) mass is 160 g/mol. The first-order valence-corrected chi connectivity index (χ1v) is 3.67. The van der Waals surface area contributed by atoms with Crippen molar-refractivity contribution in [2.45, 2.75) is 32.2 Å². The van der Waals surface area contributed by atoms with Crippen molar-refractivity contribution in [1.29, 1.82) is 0 Å². The fourth-order valence-corrected chi connectivity index (χ4v) is 1.07. The van der Waals surface area contributed by atoms with Crippen molar-refractivity contribution in [3.8, 4) is 0 Å². The Morgan fingerprint density at radius 3 is 3.00 bits per heavy atom. The van der Waals surface area contributed by atoms with Gasteiger partial charge in [-0.2, -0.15) is 0 Å². The lowest BCUT2D eigenvalue weighted by molar-refractivity contribution is -0.205. The molecule has 1 N–H and O–H groups in total. The van der Waals surface area contributed by atoms with Crippen molar-refractivity contribution in [3.63, 3.8) is 0 Å². The SMILES string of the molecule is CC(=O)O[C@@H]1CCCOC1O. The smallest absolute Gasteiger partial charge is 0.303 e. The summed E-state index contributed by atoms with van der Waals surface area (Å²) in [6.45, 7) is 1.86. The topological polar surface area (TPSA) is 55.8 Å². The summed E-state index contributed by atoms with van der Waals surface area (Å²) in [5.74, 6) is -0.375. The van der Waals surface area contributed by atoms with E-state index < -0.39 is 12.4 Å². The average Bonchev–Trinajstić information content (AvgIpc) is 1.93. The summed E-state index contributed by atoms with van der Waals surface area (Å²) in [5.41, 5.74) is 0. The van der Waals surface area contributed by atoms with Crippen molar-refractivity contribution >= 4 is 5.97 Å². The first-order valence-electron chi connectivity index (χ1n) is 3.67. The van der Waals surface area contributed by atoms with E-state index in [1.54, 1.807) is 0 Å². The maximum atomic E-state index is 10.5. The molecule has 1 rings (SSSR count). The van der Waals surface area contributed by atoms with Crippen LogP contribution in [-0.4, -0.2) is 30.1 Å². The molecule has 0 saturated carbocycles. The largest absolute Gasteiger partial charge is 0.457 e. The Morgan fingerprint density at radius 1 is 1.73 bits per heavy atom. The van der Waals surface area contributed by atoms with Crippen LogP contribution in [0.3, 0.4) is 0 Å². The summed E-state index contributed by atoms with van der Waals surface area (Å²) in [4.78, 5) is 10.5. The third-order valence-corrected chi connectivity index (χ3v) is 1.56. The van der Waals surface area contributed by atoms with Crippen LogP contribution < -0.4 is 0 Å². The maximum absolute atomic E-state index is 10.5. The van der Waals surface area contributed by atoms with E-state index in [0.717, 1.165) is 6.42 Å². The van der Waals surface area contributed by atoms with E-state index in [4.69, 9.17) is 14.6 Å². The second-order valence-corrected chi connectivity index (χ2v) is 2.55. The zero-order valence-electron chi connectivity index (χ0n) is 6.45. The quantitative estimate of drug-likeness (QED) is 0.550. The van der Waals surface area contributed by atoms with E-state index in [0.29, 0.717) is 13.0 Å². The van der Waals surface area contributed by atoms with Crippen LogP contribution in [-0.2, 0) is 14.3 Å². The highest BCUT2D eigenvalue weighted by Gasteiger charge is 2.25. The van der Waals surface area contributed by atoms with Gasteiger partial charge in [-0.1, -0.05) is 0 Å². The molecule has 4 heteroatoms. The number of rotatable bonds is 1. The highest BCUT2D eigenvalue weighted by atomic mass is 16.6.